The van der Waals surface area contributed by atoms with Crippen LogP contribution in [-0.2, 0) is 0 Å². The number of benzene rings is 1. The van der Waals surface area contributed by atoms with E-state index < -0.39 is 5.82 Å². The molecule has 1 aromatic heterocycles. The van der Waals surface area contributed by atoms with Gasteiger partial charge >= 0.3 is 0 Å². The molecule has 1 aromatic carbocycles. The van der Waals surface area contributed by atoms with Gasteiger partial charge < -0.3 is 17.2 Å². The van der Waals surface area contributed by atoms with Crippen molar-refractivity contribution in [2.24, 2.45) is 0 Å². The summed E-state index contributed by atoms with van der Waals surface area (Å²) in [6.45, 7) is 0. The monoisotopic (exact) mass is 329 g/mol. The molecule has 0 saturated carbocycles. The van der Waals surface area contributed by atoms with Gasteiger partial charge in [-0.2, -0.15) is 0 Å². The summed E-state index contributed by atoms with van der Waals surface area (Å²) >= 11 is 4.15. The molecular weight excluding hydrogens is 321 g/mol. The first-order chi connectivity index (χ1) is 8.45. The molecule has 18 heavy (non-hydrogen) atoms. The molecular formula is C10H9BrFN5S. The van der Waals surface area contributed by atoms with Crippen LogP contribution in [0.4, 0.5) is 21.7 Å². The summed E-state index contributed by atoms with van der Waals surface area (Å²) < 4.78 is 13.7. The van der Waals surface area contributed by atoms with Crippen molar-refractivity contribution in [3.63, 3.8) is 0 Å². The second kappa shape index (κ2) is 4.99. The van der Waals surface area contributed by atoms with Crippen LogP contribution in [0, 0.1) is 5.82 Å². The molecule has 0 fully saturated rings. The van der Waals surface area contributed by atoms with Crippen molar-refractivity contribution in [1.82, 2.24) is 9.97 Å². The highest BCUT2D eigenvalue weighted by molar-refractivity contribution is 9.10. The molecule has 0 aliphatic heterocycles. The van der Waals surface area contributed by atoms with Gasteiger partial charge in [-0.1, -0.05) is 0 Å². The molecule has 94 valence electrons. The van der Waals surface area contributed by atoms with E-state index in [1.807, 2.05) is 0 Å². The average Bonchev–Trinajstić information content (AvgIpc) is 2.24. The third-order valence-electron chi connectivity index (χ3n) is 2.00. The molecule has 0 spiro atoms. The summed E-state index contributed by atoms with van der Waals surface area (Å²) in [7, 11) is 0. The van der Waals surface area contributed by atoms with Gasteiger partial charge in [0, 0.05) is 16.6 Å². The normalized spacial score (nSPS) is 10.6. The van der Waals surface area contributed by atoms with Crippen LogP contribution < -0.4 is 17.2 Å². The number of aromatic nitrogens is 2. The number of anilines is 3. The van der Waals surface area contributed by atoms with E-state index in [1.165, 1.54) is 18.2 Å². The molecule has 2 rings (SSSR count). The van der Waals surface area contributed by atoms with Gasteiger partial charge in [0.05, 0.1) is 4.47 Å². The molecule has 1 heterocycles. The third kappa shape index (κ3) is 2.82. The van der Waals surface area contributed by atoms with Crippen molar-refractivity contribution in [3.05, 3.63) is 28.5 Å². The Morgan fingerprint density at radius 2 is 1.67 bits per heavy atom. The van der Waals surface area contributed by atoms with Crippen molar-refractivity contribution in [1.29, 1.82) is 0 Å². The minimum Gasteiger partial charge on any atom is -0.398 e. The van der Waals surface area contributed by atoms with Gasteiger partial charge in [-0.25, -0.2) is 14.4 Å². The zero-order valence-electron chi connectivity index (χ0n) is 9.02. The summed E-state index contributed by atoms with van der Waals surface area (Å²) in [5.74, 6) is 0.0888. The maximum absolute atomic E-state index is 13.4. The number of nitrogens with zero attached hydrogens (tertiary/aromatic N) is 2. The van der Waals surface area contributed by atoms with E-state index in [0.29, 0.717) is 20.2 Å². The number of hydrogen-bond acceptors (Lipinski definition) is 6. The van der Waals surface area contributed by atoms with Gasteiger partial charge in [0.25, 0.3) is 0 Å². The van der Waals surface area contributed by atoms with Gasteiger partial charge in [-0.3, -0.25) is 0 Å². The van der Waals surface area contributed by atoms with Gasteiger partial charge in [-0.05, 0) is 39.8 Å². The molecule has 5 nitrogen and oxygen atoms in total. The van der Waals surface area contributed by atoms with E-state index in [2.05, 4.69) is 25.9 Å². The van der Waals surface area contributed by atoms with Crippen LogP contribution in [0.15, 0.2) is 32.7 Å². The van der Waals surface area contributed by atoms with E-state index in [-0.39, 0.29) is 11.6 Å². The molecule has 2 aromatic rings. The Labute approximate surface area is 115 Å². The Balaban J connectivity index is 2.36. The van der Waals surface area contributed by atoms with E-state index >= 15 is 0 Å². The van der Waals surface area contributed by atoms with Gasteiger partial charge in [0.1, 0.15) is 17.5 Å². The molecule has 0 bridgehead atoms. The lowest BCUT2D eigenvalue weighted by atomic mass is 10.3. The Hall–Kier alpha value is -1.54. The van der Waals surface area contributed by atoms with Crippen LogP contribution in [0.2, 0.25) is 0 Å². The Bertz CT molecular complexity index is 587. The molecule has 0 aliphatic rings. The van der Waals surface area contributed by atoms with Crippen LogP contribution in [0.25, 0.3) is 0 Å². The molecule has 8 heteroatoms. The van der Waals surface area contributed by atoms with E-state index in [1.54, 1.807) is 0 Å². The molecule has 0 saturated heterocycles. The summed E-state index contributed by atoms with van der Waals surface area (Å²) in [4.78, 5) is 8.47. The largest absolute Gasteiger partial charge is 0.398 e. The number of rotatable bonds is 2. The third-order valence-corrected chi connectivity index (χ3v) is 3.55. The maximum Gasteiger partial charge on any atom is 0.196 e. The van der Waals surface area contributed by atoms with Gasteiger partial charge in [-0.15, -0.1) is 0 Å². The molecule has 0 radical (unpaired) electrons. The van der Waals surface area contributed by atoms with Crippen LogP contribution >= 0.6 is 27.7 Å². The Morgan fingerprint density at radius 1 is 1.06 bits per heavy atom. The fourth-order valence-electron chi connectivity index (χ4n) is 1.24. The highest BCUT2D eigenvalue weighted by Crippen LogP contribution is 2.33. The van der Waals surface area contributed by atoms with Crippen molar-refractivity contribution >= 4 is 45.0 Å². The second-order valence-corrected chi connectivity index (χ2v) is 5.27. The molecule has 0 atom stereocenters. The summed E-state index contributed by atoms with van der Waals surface area (Å²) in [6, 6.07) is 4.22. The standard InChI is InChI=1S/C10H9BrFN5S/c11-4-1-6(13)7(2-5(4)12)18-10-16-8(14)3-9(15)17-10/h1-3H,13H2,(H4,14,15,16,17). The van der Waals surface area contributed by atoms with Crippen molar-refractivity contribution in [3.8, 4) is 0 Å². The zero-order chi connectivity index (χ0) is 13.3. The number of nitrogen functional groups attached to an aromatic ring is 3. The predicted molar refractivity (Wildman–Crippen MR) is 73.5 cm³/mol. The minimum absolute atomic E-state index is 0.251. The lowest BCUT2D eigenvalue weighted by Crippen LogP contribution is -1.99. The lowest BCUT2D eigenvalue weighted by molar-refractivity contribution is 0.618. The van der Waals surface area contributed by atoms with E-state index in [0.717, 1.165) is 11.8 Å². The van der Waals surface area contributed by atoms with Gasteiger partial charge in [0.2, 0.25) is 0 Å². The topological polar surface area (TPSA) is 104 Å². The molecule has 0 amide bonds. The first-order valence-electron chi connectivity index (χ1n) is 4.78. The lowest BCUT2D eigenvalue weighted by Gasteiger charge is -2.06. The fraction of sp³-hybridized carbons (Fsp3) is 0. The minimum atomic E-state index is -0.413. The highest BCUT2D eigenvalue weighted by atomic mass is 79.9. The summed E-state index contributed by atoms with van der Waals surface area (Å²) in [6.07, 6.45) is 0. The number of hydrogen-bond donors (Lipinski definition) is 3. The predicted octanol–water partition coefficient (Wildman–Crippen LogP) is 2.28. The SMILES string of the molecule is Nc1cc(N)nc(Sc2cc(F)c(Br)cc2N)n1. The van der Waals surface area contributed by atoms with Crippen LogP contribution in [0.1, 0.15) is 0 Å². The van der Waals surface area contributed by atoms with Crippen molar-refractivity contribution in [2.75, 3.05) is 17.2 Å². The Morgan fingerprint density at radius 3 is 2.28 bits per heavy atom. The zero-order valence-corrected chi connectivity index (χ0v) is 11.4. The van der Waals surface area contributed by atoms with E-state index in [4.69, 9.17) is 17.2 Å². The van der Waals surface area contributed by atoms with Crippen LogP contribution in [0.5, 0.6) is 0 Å². The van der Waals surface area contributed by atoms with Crippen LogP contribution in [-0.4, -0.2) is 9.97 Å². The summed E-state index contributed by atoms with van der Waals surface area (Å²) in [5.41, 5.74) is 17.3. The van der Waals surface area contributed by atoms with Crippen molar-refractivity contribution < 1.29 is 4.39 Å². The first-order valence-corrected chi connectivity index (χ1v) is 6.39. The van der Waals surface area contributed by atoms with Gasteiger partial charge in [0.15, 0.2) is 5.16 Å². The molecule has 0 aliphatic carbocycles. The molecule has 6 N–H and O–H groups in total. The van der Waals surface area contributed by atoms with E-state index in [9.17, 15) is 4.39 Å². The Kier molecular flexibility index (Phi) is 3.58. The second-order valence-electron chi connectivity index (χ2n) is 3.41. The first kappa shape index (κ1) is 12.9. The fourth-order valence-corrected chi connectivity index (χ4v) is 2.44. The smallest absolute Gasteiger partial charge is 0.196 e. The average molecular weight is 330 g/mol. The number of halogens is 2. The summed E-state index contributed by atoms with van der Waals surface area (Å²) in [5, 5.41) is 0.320. The highest BCUT2D eigenvalue weighted by Gasteiger charge is 2.10. The number of nitrogens with two attached hydrogens (primary N) is 3. The maximum atomic E-state index is 13.4. The quantitative estimate of drug-likeness (QED) is 0.576. The van der Waals surface area contributed by atoms with Crippen molar-refractivity contribution in [2.45, 2.75) is 10.1 Å². The van der Waals surface area contributed by atoms with Crippen LogP contribution in [0.3, 0.4) is 0 Å². The molecule has 0 unspecified atom stereocenters.